The zero-order valence-corrected chi connectivity index (χ0v) is 10.7. The number of halogens is 1. The minimum atomic E-state index is -0.779. The molecule has 2 rings (SSSR count). The molecule has 2 unspecified atom stereocenters. The predicted molar refractivity (Wildman–Crippen MR) is 67.8 cm³/mol. The molecule has 18 heavy (non-hydrogen) atoms. The van der Waals surface area contributed by atoms with Gasteiger partial charge in [0.15, 0.2) is 0 Å². The Morgan fingerprint density at radius 2 is 2.28 bits per heavy atom. The molecule has 2 atom stereocenters. The summed E-state index contributed by atoms with van der Waals surface area (Å²) in [5.74, 6) is 0.186. The molecule has 1 aliphatic rings. The van der Waals surface area contributed by atoms with Crippen molar-refractivity contribution in [3.8, 4) is 0 Å². The van der Waals surface area contributed by atoms with Crippen LogP contribution in [0.25, 0.3) is 0 Å². The molecule has 1 fully saturated rings. The molecule has 1 heterocycles. The average molecular weight is 253 g/mol. The summed E-state index contributed by atoms with van der Waals surface area (Å²) in [6, 6.07) is 6.38. The molecule has 100 valence electrons. The number of aliphatic hydroxyl groups is 1. The van der Waals surface area contributed by atoms with Gasteiger partial charge in [-0.05, 0) is 25.5 Å². The topological polar surface area (TPSA) is 32.7 Å². The van der Waals surface area contributed by atoms with E-state index in [0.29, 0.717) is 18.0 Å². The third kappa shape index (κ3) is 3.51. The lowest BCUT2D eigenvalue weighted by molar-refractivity contribution is 0.111. The number of benzene rings is 1. The van der Waals surface area contributed by atoms with Gasteiger partial charge in [-0.3, -0.25) is 0 Å². The number of ether oxygens (including phenoxy) is 1. The molecule has 0 amide bonds. The predicted octanol–water partition coefficient (Wildman–Crippen LogP) is 1.83. The molecule has 1 aromatic carbocycles. The van der Waals surface area contributed by atoms with Crippen molar-refractivity contribution in [1.82, 2.24) is 4.90 Å². The molecule has 1 N–H and O–H groups in total. The summed E-state index contributed by atoms with van der Waals surface area (Å²) in [4.78, 5) is 2.04. The van der Waals surface area contributed by atoms with Crippen molar-refractivity contribution >= 4 is 0 Å². The van der Waals surface area contributed by atoms with Crippen molar-refractivity contribution in [2.24, 2.45) is 5.92 Å². The summed E-state index contributed by atoms with van der Waals surface area (Å²) in [7, 11) is 1.95. The van der Waals surface area contributed by atoms with Crippen molar-refractivity contribution in [2.45, 2.75) is 12.5 Å². The van der Waals surface area contributed by atoms with Crippen molar-refractivity contribution in [2.75, 3.05) is 33.4 Å². The van der Waals surface area contributed by atoms with Gasteiger partial charge in [0.05, 0.1) is 12.7 Å². The first-order valence-corrected chi connectivity index (χ1v) is 6.35. The maximum Gasteiger partial charge on any atom is 0.129 e. The SMILES string of the molecule is CN(CC1CCOC1)CC(O)c1ccccc1F. The van der Waals surface area contributed by atoms with E-state index in [1.54, 1.807) is 18.2 Å². The van der Waals surface area contributed by atoms with Gasteiger partial charge in [0.1, 0.15) is 5.82 Å². The smallest absolute Gasteiger partial charge is 0.129 e. The Morgan fingerprint density at radius 1 is 1.50 bits per heavy atom. The average Bonchev–Trinajstić information content (AvgIpc) is 2.82. The highest BCUT2D eigenvalue weighted by atomic mass is 19.1. The third-order valence-electron chi connectivity index (χ3n) is 3.34. The Labute approximate surface area is 107 Å². The third-order valence-corrected chi connectivity index (χ3v) is 3.34. The molecule has 0 aliphatic carbocycles. The van der Waals surface area contributed by atoms with Crippen LogP contribution in [-0.4, -0.2) is 43.4 Å². The Kier molecular flexibility index (Phi) is 4.69. The molecule has 0 bridgehead atoms. The Morgan fingerprint density at radius 3 is 2.94 bits per heavy atom. The van der Waals surface area contributed by atoms with Gasteiger partial charge in [0.25, 0.3) is 0 Å². The lowest BCUT2D eigenvalue weighted by Crippen LogP contribution is -2.30. The molecular formula is C14H20FNO2. The first-order chi connectivity index (χ1) is 8.66. The summed E-state index contributed by atoms with van der Waals surface area (Å²) in [5, 5.41) is 10.0. The Bertz CT molecular complexity index is 380. The Balaban J connectivity index is 1.86. The van der Waals surface area contributed by atoms with E-state index in [9.17, 15) is 9.50 Å². The molecule has 1 aliphatic heterocycles. The van der Waals surface area contributed by atoms with Gasteiger partial charge in [-0.1, -0.05) is 18.2 Å². The summed E-state index contributed by atoms with van der Waals surface area (Å²) < 4.78 is 18.8. The van der Waals surface area contributed by atoms with Crippen LogP contribution in [0, 0.1) is 11.7 Å². The standard InChI is InChI=1S/C14H20FNO2/c1-16(8-11-6-7-18-10-11)9-14(17)12-4-2-3-5-13(12)15/h2-5,11,14,17H,6-10H2,1H3. The number of nitrogens with zero attached hydrogens (tertiary/aromatic N) is 1. The number of aliphatic hydroxyl groups excluding tert-OH is 1. The van der Waals surface area contributed by atoms with Crippen molar-refractivity contribution in [3.63, 3.8) is 0 Å². The van der Waals surface area contributed by atoms with E-state index in [-0.39, 0.29) is 5.82 Å². The first-order valence-electron chi connectivity index (χ1n) is 6.35. The summed E-state index contributed by atoms with van der Waals surface area (Å²) in [5.41, 5.74) is 0.368. The van der Waals surface area contributed by atoms with Crippen LogP contribution in [0.1, 0.15) is 18.1 Å². The first kappa shape index (κ1) is 13.5. The fourth-order valence-corrected chi connectivity index (χ4v) is 2.38. The van der Waals surface area contributed by atoms with Crippen LogP contribution < -0.4 is 0 Å². The Hall–Kier alpha value is -0.970. The number of hydrogen-bond acceptors (Lipinski definition) is 3. The second-order valence-electron chi connectivity index (χ2n) is 4.99. The molecule has 0 spiro atoms. The van der Waals surface area contributed by atoms with Gasteiger partial charge in [0, 0.05) is 25.3 Å². The van der Waals surface area contributed by atoms with E-state index in [4.69, 9.17) is 4.74 Å². The number of rotatable bonds is 5. The second kappa shape index (κ2) is 6.27. The summed E-state index contributed by atoms with van der Waals surface area (Å²) in [6.45, 7) is 2.94. The van der Waals surface area contributed by atoms with E-state index in [2.05, 4.69) is 0 Å². The highest BCUT2D eigenvalue weighted by molar-refractivity contribution is 5.19. The highest BCUT2D eigenvalue weighted by Crippen LogP contribution is 2.19. The zero-order chi connectivity index (χ0) is 13.0. The lowest BCUT2D eigenvalue weighted by atomic mass is 10.1. The van der Waals surface area contributed by atoms with Crippen LogP contribution in [-0.2, 0) is 4.74 Å². The van der Waals surface area contributed by atoms with Crippen molar-refractivity contribution in [1.29, 1.82) is 0 Å². The van der Waals surface area contributed by atoms with E-state index in [0.717, 1.165) is 26.2 Å². The van der Waals surface area contributed by atoms with Crippen LogP contribution in [0.5, 0.6) is 0 Å². The summed E-state index contributed by atoms with van der Waals surface area (Å²) >= 11 is 0. The van der Waals surface area contributed by atoms with Crippen molar-refractivity contribution in [3.05, 3.63) is 35.6 Å². The molecular weight excluding hydrogens is 233 g/mol. The second-order valence-corrected chi connectivity index (χ2v) is 4.99. The molecule has 3 nitrogen and oxygen atoms in total. The molecule has 0 aromatic heterocycles. The molecule has 1 saturated heterocycles. The van der Waals surface area contributed by atoms with Crippen LogP contribution in [0.2, 0.25) is 0 Å². The van der Waals surface area contributed by atoms with Crippen LogP contribution in [0.4, 0.5) is 4.39 Å². The number of hydrogen-bond donors (Lipinski definition) is 1. The largest absolute Gasteiger partial charge is 0.387 e. The maximum atomic E-state index is 13.5. The van der Waals surface area contributed by atoms with E-state index >= 15 is 0 Å². The fourth-order valence-electron chi connectivity index (χ4n) is 2.38. The van der Waals surface area contributed by atoms with Crippen LogP contribution >= 0.6 is 0 Å². The quantitative estimate of drug-likeness (QED) is 0.869. The van der Waals surface area contributed by atoms with E-state index in [1.165, 1.54) is 6.07 Å². The van der Waals surface area contributed by atoms with Crippen LogP contribution in [0.15, 0.2) is 24.3 Å². The van der Waals surface area contributed by atoms with Gasteiger partial charge in [-0.2, -0.15) is 0 Å². The fraction of sp³-hybridized carbons (Fsp3) is 0.571. The normalized spacial score (nSPS) is 21.4. The molecule has 1 aromatic rings. The van der Waals surface area contributed by atoms with E-state index in [1.807, 2.05) is 11.9 Å². The monoisotopic (exact) mass is 253 g/mol. The van der Waals surface area contributed by atoms with Gasteiger partial charge in [-0.25, -0.2) is 4.39 Å². The molecule has 0 radical (unpaired) electrons. The molecule has 0 saturated carbocycles. The minimum Gasteiger partial charge on any atom is -0.387 e. The number of likely N-dealkylation sites (N-methyl/N-ethyl adjacent to an activating group) is 1. The van der Waals surface area contributed by atoms with E-state index < -0.39 is 6.10 Å². The van der Waals surface area contributed by atoms with Crippen LogP contribution in [0.3, 0.4) is 0 Å². The minimum absolute atomic E-state index is 0.345. The molecule has 4 heteroatoms. The van der Waals surface area contributed by atoms with Gasteiger partial charge in [-0.15, -0.1) is 0 Å². The zero-order valence-electron chi connectivity index (χ0n) is 10.7. The highest BCUT2D eigenvalue weighted by Gasteiger charge is 2.20. The maximum absolute atomic E-state index is 13.5. The van der Waals surface area contributed by atoms with Crippen molar-refractivity contribution < 1.29 is 14.2 Å². The van der Waals surface area contributed by atoms with Gasteiger partial charge < -0.3 is 14.7 Å². The van der Waals surface area contributed by atoms with Gasteiger partial charge in [0.2, 0.25) is 0 Å². The lowest BCUT2D eigenvalue weighted by Gasteiger charge is -2.23. The van der Waals surface area contributed by atoms with Gasteiger partial charge >= 0.3 is 0 Å². The summed E-state index contributed by atoms with van der Waals surface area (Å²) in [6.07, 6.45) is 0.290.